The zero-order valence-electron chi connectivity index (χ0n) is 46.5. The number of allylic oxidation sites excluding steroid dienone is 4. The molecule has 7 atom stereocenters. The summed E-state index contributed by atoms with van der Waals surface area (Å²) in [6.45, 7) is 14.6. The van der Waals surface area contributed by atoms with Gasteiger partial charge in [-0.1, -0.05) is 259 Å². The van der Waals surface area contributed by atoms with Crippen molar-refractivity contribution in [2.75, 3.05) is 39.6 Å². The zero-order chi connectivity index (χ0) is 55.1. The number of ether oxygens (including phenoxy) is 3. The molecule has 8 aromatic rings. The molecule has 78 heavy (non-hydrogen) atoms. The average Bonchev–Trinajstić information content (AvgIpc) is 3.52. The lowest BCUT2D eigenvalue weighted by Crippen LogP contribution is -2.24. The van der Waals surface area contributed by atoms with Crippen molar-refractivity contribution in [3.8, 4) is 11.5 Å². The molecule has 0 bridgehead atoms. The van der Waals surface area contributed by atoms with E-state index in [-0.39, 0.29) is 37.6 Å². The molecule has 0 aromatic heterocycles. The van der Waals surface area contributed by atoms with Crippen LogP contribution in [-0.4, -0.2) is 55.0 Å². The Morgan fingerprint density at radius 1 is 0.372 bits per heavy atom. The average molecular weight is 1040 g/mol. The van der Waals surface area contributed by atoms with Crippen molar-refractivity contribution in [1.29, 1.82) is 0 Å². The van der Waals surface area contributed by atoms with Crippen LogP contribution >= 0.6 is 0 Å². The zero-order valence-corrected chi connectivity index (χ0v) is 46.5. The van der Waals surface area contributed by atoms with E-state index in [1.54, 1.807) is 0 Å². The summed E-state index contributed by atoms with van der Waals surface area (Å²) in [5.41, 5.74) is 14.2. The molecule has 0 amide bonds. The smallest absolute Gasteiger partial charge is 0.123 e. The number of rotatable bonds is 21. The van der Waals surface area contributed by atoms with Gasteiger partial charge in [0.05, 0.1) is 19.8 Å². The highest BCUT2D eigenvalue weighted by molar-refractivity contribution is 5.48. The van der Waals surface area contributed by atoms with Crippen molar-refractivity contribution in [3.63, 3.8) is 0 Å². The maximum Gasteiger partial charge on any atom is 0.123 e. The second-order valence-electron chi connectivity index (χ2n) is 20.3. The van der Waals surface area contributed by atoms with Crippen molar-refractivity contribution < 1.29 is 29.5 Å². The van der Waals surface area contributed by atoms with Gasteiger partial charge in [-0.2, -0.15) is 0 Å². The molecule has 0 spiro atoms. The Kier molecular flexibility index (Phi) is 22.7. The van der Waals surface area contributed by atoms with E-state index in [9.17, 15) is 5.11 Å². The molecule has 0 fully saturated rings. The Morgan fingerprint density at radius 3 is 1.22 bits per heavy atom. The maximum absolute atomic E-state index is 9.61. The molecule has 0 radical (unpaired) electrons. The van der Waals surface area contributed by atoms with E-state index in [4.69, 9.17) is 24.4 Å². The minimum Gasteiger partial charge on any atom is -0.495 e. The third kappa shape index (κ3) is 16.0. The quantitative estimate of drug-likeness (QED) is 0.0665. The fourth-order valence-electron chi connectivity index (χ4n) is 10.4. The fraction of sp³-hybridized carbons (Fsp3) is 0.278. The highest BCUT2D eigenvalue weighted by Crippen LogP contribution is 2.47. The van der Waals surface area contributed by atoms with E-state index < -0.39 is 0 Å². The van der Waals surface area contributed by atoms with Crippen LogP contribution in [0.3, 0.4) is 0 Å². The van der Waals surface area contributed by atoms with Gasteiger partial charge in [0.2, 0.25) is 0 Å². The van der Waals surface area contributed by atoms with Crippen LogP contribution in [0.1, 0.15) is 134 Å². The highest BCUT2D eigenvalue weighted by Gasteiger charge is 2.34. The number of hydrogen-bond donors (Lipinski definition) is 3. The monoisotopic (exact) mass is 1040 g/mol. The summed E-state index contributed by atoms with van der Waals surface area (Å²) in [5.74, 6) is 4.59. The molecule has 9 rings (SSSR count). The molecule has 1 aliphatic carbocycles. The van der Waals surface area contributed by atoms with Crippen LogP contribution in [0.4, 0.5) is 0 Å². The maximum atomic E-state index is 9.61. The number of benzene rings is 8. The summed E-state index contributed by atoms with van der Waals surface area (Å²) < 4.78 is 17.5. The van der Waals surface area contributed by atoms with Gasteiger partial charge in [0.15, 0.2) is 0 Å². The number of hydrogen-bond acceptors (Lipinski definition) is 6. The van der Waals surface area contributed by atoms with Crippen LogP contribution in [0.15, 0.2) is 247 Å². The van der Waals surface area contributed by atoms with Gasteiger partial charge < -0.3 is 29.5 Å². The standard InChI is InChI=1S/C32H36O2.C24H26O2.C16H18O2/c1-23(26-13-7-4-8-14-26)29-21-30(24(2)27-15-9-5-10-16-27)32(34-20-19-33)31(22-29)25(3)28-17-11-6-12-18-28;1-18(20-9-5-3-6-10-20)22-13-14-24(26-16-15-25)23(17-22)19(2)21-11-7-4-8-12-21;1-13(14-5-3-2-4-6-14)15-7-9-16(10-8-15)18-12-11-17/h4-18,21,23-25,31,33H,19-20,22H2,1-3H3;3-14,17-19,25H,15-16H2,1-2H3;2-10,13,17H,11-12H2,1H3. The third-order valence-corrected chi connectivity index (χ3v) is 15.3. The van der Waals surface area contributed by atoms with E-state index in [2.05, 4.69) is 236 Å². The fourth-order valence-corrected chi connectivity index (χ4v) is 10.4. The summed E-state index contributed by atoms with van der Waals surface area (Å²) in [6.07, 6.45) is 3.33. The topological polar surface area (TPSA) is 88.4 Å². The molecule has 0 heterocycles. The van der Waals surface area contributed by atoms with Gasteiger partial charge in [0, 0.05) is 41.1 Å². The van der Waals surface area contributed by atoms with Gasteiger partial charge >= 0.3 is 0 Å². The first kappa shape index (κ1) is 58.2. The van der Waals surface area contributed by atoms with Crippen molar-refractivity contribution in [2.45, 2.75) is 83.5 Å². The lowest BCUT2D eigenvalue weighted by molar-refractivity contribution is 0.116. The second-order valence-corrected chi connectivity index (χ2v) is 20.3. The highest BCUT2D eigenvalue weighted by atomic mass is 16.5. The van der Waals surface area contributed by atoms with Crippen molar-refractivity contribution in [1.82, 2.24) is 0 Å². The lowest BCUT2D eigenvalue weighted by Gasteiger charge is -2.36. The first-order valence-electron chi connectivity index (χ1n) is 27.8. The van der Waals surface area contributed by atoms with Gasteiger partial charge in [-0.15, -0.1) is 0 Å². The molecule has 0 saturated carbocycles. The van der Waals surface area contributed by atoms with Crippen molar-refractivity contribution in [2.24, 2.45) is 5.92 Å². The Hall–Kier alpha value is -7.48. The minimum atomic E-state index is 0.0138. The molecule has 7 unspecified atom stereocenters. The minimum absolute atomic E-state index is 0.0138. The van der Waals surface area contributed by atoms with E-state index in [0.717, 1.165) is 29.2 Å². The Bertz CT molecular complexity index is 3020. The Balaban J connectivity index is 0.000000178. The summed E-state index contributed by atoms with van der Waals surface area (Å²) in [4.78, 5) is 0. The van der Waals surface area contributed by atoms with Crippen LogP contribution in [0.2, 0.25) is 0 Å². The molecule has 6 nitrogen and oxygen atoms in total. The van der Waals surface area contributed by atoms with Crippen molar-refractivity contribution >= 4 is 0 Å². The summed E-state index contributed by atoms with van der Waals surface area (Å²) in [5, 5.41) is 27.4. The van der Waals surface area contributed by atoms with Crippen molar-refractivity contribution in [3.05, 3.63) is 298 Å². The van der Waals surface area contributed by atoms with Gasteiger partial charge in [0.25, 0.3) is 0 Å². The molecule has 6 heteroatoms. The van der Waals surface area contributed by atoms with Gasteiger partial charge in [-0.3, -0.25) is 0 Å². The normalized spacial score (nSPS) is 15.3. The molecule has 1 aliphatic rings. The predicted molar refractivity (Wildman–Crippen MR) is 321 cm³/mol. The van der Waals surface area contributed by atoms with Crippen LogP contribution in [0.25, 0.3) is 0 Å². The first-order chi connectivity index (χ1) is 38.1. The van der Waals surface area contributed by atoms with Crippen LogP contribution < -0.4 is 9.47 Å². The number of aliphatic hydroxyl groups is 3. The lowest BCUT2D eigenvalue weighted by atomic mass is 9.72. The largest absolute Gasteiger partial charge is 0.495 e. The molecule has 404 valence electrons. The summed E-state index contributed by atoms with van der Waals surface area (Å²) in [6, 6.07) is 78.1. The Labute approximate surface area is 465 Å². The van der Waals surface area contributed by atoms with Gasteiger partial charge in [-0.05, 0) is 80.6 Å². The molecular formula is C72H80O6. The second kappa shape index (κ2) is 30.5. The first-order valence-corrected chi connectivity index (χ1v) is 27.8. The van der Waals surface area contributed by atoms with Crippen LogP contribution in [0, 0.1) is 5.92 Å². The molecule has 3 N–H and O–H groups in total. The summed E-state index contributed by atoms with van der Waals surface area (Å²) in [7, 11) is 0. The van der Waals surface area contributed by atoms with Gasteiger partial charge in [0.1, 0.15) is 37.1 Å². The molecule has 0 aliphatic heterocycles. The third-order valence-electron chi connectivity index (χ3n) is 15.3. The van der Waals surface area contributed by atoms with Gasteiger partial charge in [-0.25, -0.2) is 0 Å². The summed E-state index contributed by atoms with van der Waals surface area (Å²) >= 11 is 0. The predicted octanol–water partition coefficient (Wildman–Crippen LogP) is 16.2. The van der Waals surface area contributed by atoms with Crippen LogP contribution in [-0.2, 0) is 4.74 Å². The van der Waals surface area contributed by atoms with E-state index >= 15 is 0 Å². The van der Waals surface area contributed by atoms with Crippen LogP contribution in [0.5, 0.6) is 11.5 Å². The SMILES string of the molecule is CC(C1=CC(C(C)c2ccccc2)=C(OCCO)C(C(C)c2ccccc2)C1)c1ccccc1.CC(c1ccccc1)c1ccc(OCCO)c(C(C)c2ccccc2)c1.CC(c1ccccc1)c1ccc(OCCO)cc1. The number of aliphatic hydroxyl groups excluding tert-OH is 3. The van der Waals surface area contributed by atoms with E-state index in [1.165, 1.54) is 55.7 Å². The molecule has 8 aromatic carbocycles. The van der Waals surface area contributed by atoms with E-state index in [0.29, 0.717) is 43.5 Å². The Morgan fingerprint density at radius 2 is 0.744 bits per heavy atom. The van der Waals surface area contributed by atoms with E-state index in [1.807, 2.05) is 36.4 Å². The molecular weight excluding hydrogens is 961 g/mol. The molecule has 0 saturated heterocycles.